The Balaban J connectivity index is 1.73. The zero-order chi connectivity index (χ0) is 21.0. The molecule has 0 saturated heterocycles. The van der Waals surface area contributed by atoms with Crippen LogP contribution in [0.5, 0.6) is 5.75 Å². The monoisotopic (exact) mass is 419 g/mol. The van der Waals surface area contributed by atoms with Gasteiger partial charge >= 0.3 is 5.69 Å². The topological polar surface area (TPSA) is 85.2 Å². The van der Waals surface area contributed by atoms with E-state index in [1.165, 1.54) is 0 Å². The Hall–Kier alpha value is -2.58. The summed E-state index contributed by atoms with van der Waals surface area (Å²) in [5.41, 5.74) is 0.0371. The summed E-state index contributed by atoms with van der Waals surface area (Å²) >= 11 is 5.88. The van der Waals surface area contributed by atoms with Gasteiger partial charge in [-0.3, -0.25) is 19.2 Å². The van der Waals surface area contributed by atoms with Crippen molar-refractivity contribution < 1.29 is 4.74 Å². The van der Waals surface area contributed by atoms with Crippen molar-refractivity contribution in [3.63, 3.8) is 0 Å². The van der Waals surface area contributed by atoms with Crippen LogP contribution in [-0.2, 0) is 20.1 Å². The first-order valence-electron chi connectivity index (χ1n) is 9.66. The molecule has 29 heavy (non-hydrogen) atoms. The SMILES string of the molecule is CCCCn1c(=O)[nH]c(=O)c2c1nc(CN(C)CCOc1ccc(Cl)cc1)n2C. The molecule has 0 bridgehead atoms. The number of fused-ring (bicyclic) bond motifs is 1. The molecule has 3 aromatic rings. The van der Waals surface area contributed by atoms with Gasteiger partial charge in [0.2, 0.25) is 0 Å². The second kappa shape index (κ2) is 9.28. The number of benzene rings is 1. The third kappa shape index (κ3) is 4.89. The van der Waals surface area contributed by atoms with Crippen LogP contribution in [0.3, 0.4) is 0 Å². The molecule has 9 heteroatoms. The Morgan fingerprint density at radius 3 is 2.66 bits per heavy atom. The minimum Gasteiger partial charge on any atom is -0.492 e. The van der Waals surface area contributed by atoms with Crippen molar-refractivity contribution in [3.8, 4) is 5.75 Å². The fourth-order valence-corrected chi connectivity index (χ4v) is 3.25. The summed E-state index contributed by atoms with van der Waals surface area (Å²) in [5, 5.41) is 0.670. The number of aromatic amines is 1. The van der Waals surface area contributed by atoms with Gasteiger partial charge in [0, 0.05) is 25.2 Å². The van der Waals surface area contributed by atoms with Gasteiger partial charge in [0.25, 0.3) is 5.56 Å². The van der Waals surface area contributed by atoms with E-state index in [1.807, 2.05) is 19.2 Å². The van der Waals surface area contributed by atoms with Crippen LogP contribution in [-0.4, -0.2) is 44.2 Å². The van der Waals surface area contributed by atoms with Gasteiger partial charge in [0.1, 0.15) is 18.2 Å². The van der Waals surface area contributed by atoms with Crippen LogP contribution in [0.2, 0.25) is 5.02 Å². The number of H-pyrrole nitrogens is 1. The molecule has 1 aromatic carbocycles. The van der Waals surface area contributed by atoms with Crippen LogP contribution < -0.4 is 16.0 Å². The minimum atomic E-state index is -0.412. The molecule has 3 rings (SSSR count). The molecule has 0 aliphatic heterocycles. The van der Waals surface area contributed by atoms with Crippen molar-refractivity contribution in [2.45, 2.75) is 32.9 Å². The van der Waals surface area contributed by atoms with E-state index in [4.69, 9.17) is 16.3 Å². The number of nitrogens with one attached hydrogen (secondary N) is 1. The molecule has 1 N–H and O–H groups in total. The predicted octanol–water partition coefficient (Wildman–Crippen LogP) is 2.39. The number of hydrogen-bond donors (Lipinski definition) is 1. The molecule has 0 aliphatic carbocycles. The van der Waals surface area contributed by atoms with Crippen LogP contribution in [0.15, 0.2) is 33.9 Å². The number of halogens is 1. The molecule has 2 heterocycles. The lowest BCUT2D eigenvalue weighted by Gasteiger charge is -2.16. The van der Waals surface area contributed by atoms with Crippen molar-refractivity contribution in [2.75, 3.05) is 20.2 Å². The van der Waals surface area contributed by atoms with Crippen molar-refractivity contribution in [1.82, 2.24) is 24.0 Å². The smallest absolute Gasteiger partial charge is 0.330 e. The Bertz CT molecular complexity index is 1080. The first kappa shape index (κ1) is 21.1. The highest BCUT2D eigenvalue weighted by atomic mass is 35.5. The highest BCUT2D eigenvalue weighted by Crippen LogP contribution is 2.16. The number of likely N-dealkylation sites (N-methyl/N-ethyl adjacent to an activating group) is 1. The first-order valence-corrected chi connectivity index (χ1v) is 10.0. The van der Waals surface area contributed by atoms with Crippen LogP contribution in [0, 0.1) is 0 Å². The quantitative estimate of drug-likeness (QED) is 0.575. The molecule has 0 unspecified atom stereocenters. The second-order valence-corrected chi connectivity index (χ2v) is 7.50. The molecule has 0 atom stereocenters. The van der Waals surface area contributed by atoms with E-state index in [-0.39, 0.29) is 0 Å². The Labute approximate surface area is 173 Å². The third-order valence-electron chi connectivity index (χ3n) is 4.81. The lowest BCUT2D eigenvalue weighted by Crippen LogP contribution is -2.31. The average Bonchev–Trinajstić information content (AvgIpc) is 2.99. The maximum Gasteiger partial charge on any atom is 0.330 e. The number of aromatic nitrogens is 4. The molecule has 0 spiro atoms. The zero-order valence-corrected chi connectivity index (χ0v) is 17.7. The van der Waals surface area contributed by atoms with Gasteiger partial charge < -0.3 is 9.30 Å². The molecule has 0 radical (unpaired) electrons. The van der Waals surface area contributed by atoms with Gasteiger partial charge in [0.15, 0.2) is 11.2 Å². The Morgan fingerprint density at radius 2 is 1.97 bits per heavy atom. The van der Waals surface area contributed by atoms with E-state index in [0.717, 1.165) is 24.4 Å². The number of rotatable bonds is 9. The van der Waals surface area contributed by atoms with E-state index in [1.54, 1.807) is 28.3 Å². The molecular weight excluding hydrogens is 394 g/mol. The molecule has 156 valence electrons. The number of imidazole rings is 1. The van der Waals surface area contributed by atoms with Crippen LogP contribution in [0.4, 0.5) is 0 Å². The molecule has 0 aliphatic rings. The maximum atomic E-state index is 12.3. The summed E-state index contributed by atoms with van der Waals surface area (Å²) < 4.78 is 9.03. The predicted molar refractivity (Wildman–Crippen MR) is 114 cm³/mol. The summed E-state index contributed by atoms with van der Waals surface area (Å²) in [7, 11) is 3.76. The number of nitrogens with zero attached hydrogens (tertiary/aromatic N) is 4. The molecule has 0 saturated carbocycles. The number of ether oxygens (including phenoxy) is 1. The van der Waals surface area contributed by atoms with Gasteiger partial charge in [0.05, 0.1) is 6.54 Å². The van der Waals surface area contributed by atoms with Crippen LogP contribution >= 0.6 is 11.6 Å². The maximum absolute atomic E-state index is 12.3. The van der Waals surface area contributed by atoms with Crippen molar-refractivity contribution >= 4 is 22.8 Å². The first-order chi connectivity index (χ1) is 13.9. The number of aryl methyl sites for hydroxylation is 2. The van der Waals surface area contributed by atoms with Crippen LogP contribution in [0.25, 0.3) is 11.2 Å². The summed E-state index contributed by atoms with van der Waals surface area (Å²) in [6.45, 7) is 4.29. The van der Waals surface area contributed by atoms with Crippen LogP contribution in [0.1, 0.15) is 25.6 Å². The van der Waals surface area contributed by atoms with E-state index in [9.17, 15) is 9.59 Å². The normalized spacial score (nSPS) is 11.5. The fraction of sp³-hybridized carbons (Fsp3) is 0.450. The molecular formula is C20H26ClN5O3. The molecule has 8 nitrogen and oxygen atoms in total. The minimum absolute atomic E-state index is 0.410. The molecule has 0 fully saturated rings. The average molecular weight is 420 g/mol. The summed E-state index contributed by atoms with van der Waals surface area (Å²) in [4.78, 5) is 33.6. The Morgan fingerprint density at radius 1 is 1.24 bits per heavy atom. The molecule has 2 aromatic heterocycles. The van der Waals surface area contributed by atoms with E-state index < -0.39 is 11.2 Å². The Kier molecular flexibility index (Phi) is 6.76. The van der Waals surface area contributed by atoms with E-state index >= 15 is 0 Å². The third-order valence-corrected chi connectivity index (χ3v) is 5.06. The highest BCUT2D eigenvalue weighted by molar-refractivity contribution is 6.30. The molecule has 0 amide bonds. The van der Waals surface area contributed by atoms with Gasteiger partial charge in [-0.25, -0.2) is 9.78 Å². The summed E-state index contributed by atoms with van der Waals surface area (Å²) in [6.07, 6.45) is 1.79. The second-order valence-electron chi connectivity index (χ2n) is 7.06. The lowest BCUT2D eigenvalue weighted by atomic mass is 10.3. The van der Waals surface area contributed by atoms with E-state index in [0.29, 0.717) is 42.4 Å². The summed E-state index contributed by atoms with van der Waals surface area (Å²) in [5.74, 6) is 1.48. The van der Waals surface area contributed by atoms with Crippen molar-refractivity contribution in [3.05, 3.63) is 56.0 Å². The lowest BCUT2D eigenvalue weighted by molar-refractivity contribution is 0.228. The number of hydrogen-bond acceptors (Lipinski definition) is 5. The fourth-order valence-electron chi connectivity index (χ4n) is 3.13. The standard InChI is InChI=1S/C20H26ClN5O3/c1-4-5-10-26-18-17(19(27)23-20(26)28)25(3)16(22-18)13-24(2)11-12-29-15-8-6-14(21)7-9-15/h6-9H,4-5,10-13H2,1-3H3,(H,23,27,28). The van der Waals surface area contributed by atoms with E-state index in [2.05, 4.69) is 21.8 Å². The summed E-state index contributed by atoms with van der Waals surface area (Å²) in [6, 6.07) is 7.23. The van der Waals surface area contributed by atoms with Crippen molar-refractivity contribution in [2.24, 2.45) is 7.05 Å². The van der Waals surface area contributed by atoms with Gasteiger partial charge in [-0.2, -0.15) is 0 Å². The van der Waals surface area contributed by atoms with Gasteiger partial charge in [-0.1, -0.05) is 24.9 Å². The van der Waals surface area contributed by atoms with Gasteiger partial charge in [-0.15, -0.1) is 0 Å². The van der Waals surface area contributed by atoms with Gasteiger partial charge in [-0.05, 0) is 37.7 Å². The zero-order valence-electron chi connectivity index (χ0n) is 16.9. The number of unbranched alkanes of at least 4 members (excludes halogenated alkanes) is 1. The largest absolute Gasteiger partial charge is 0.492 e. The van der Waals surface area contributed by atoms with Crippen molar-refractivity contribution in [1.29, 1.82) is 0 Å². The highest BCUT2D eigenvalue weighted by Gasteiger charge is 2.17.